The molecule has 1 aromatic heterocycles. The first-order chi connectivity index (χ1) is 15.4. The number of hydrogen-bond donors (Lipinski definition) is 3. The summed E-state index contributed by atoms with van der Waals surface area (Å²) in [7, 11) is 1.54. The van der Waals surface area contributed by atoms with Gasteiger partial charge in [-0.2, -0.15) is 0 Å². The fourth-order valence-electron chi connectivity index (χ4n) is 3.39. The average molecular weight is 447 g/mol. The van der Waals surface area contributed by atoms with Crippen molar-refractivity contribution in [3.8, 4) is 11.5 Å². The first-order valence-corrected chi connectivity index (χ1v) is 10.5. The van der Waals surface area contributed by atoms with Gasteiger partial charge in [0.2, 0.25) is 12.7 Å². The Labute approximate surface area is 185 Å². The van der Waals surface area contributed by atoms with Crippen LogP contribution in [-0.4, -0.2) is 49.1 Å². The van der Waals surface area contributed by atoms with Gasteiger partial charge in [0.15, 0.2) is 11.5 Å². The number of fused-ring (bicyclic) bond motifs is 1. The standard InChI is InChI=1S/C21H29N5O6/c1-3-4-8-26-19(22)18(20(28)24-21(26)29)25(10-11-30-2)9-7-17(27)23-14-5-6-15-16(12-14)32-13-31-15/h5-6,12H,3-4,7-11,13,22H2,1-2H3,(H,23,27)(H,24,28,29). The van der Waals surface area contributed by atoms with Gasteiger partial charge in [0.25, 0.3) is 5.56 Å². The molecule has 1 aliphatic heterocycles. The lowest BCUT2D eigenvalue weighted by atomic mass is 10.2. The Bertz CT molecular complexity index is 1060. The quantitative estimate of drug-likeness (QED) is 0.466. The largest absolute Gasteiger partial charge is 0.454 e. The molecular formula is C21H29N5O6. The molecule has 2 aromatic rings. The number of anilines is 3. The molecule has 0 radical (unpaired) electrons. The van der Waals surface area contributed by atoms with Crippen molar-refractivity contribution in [1.82, 2.24) is 9.55 Å². The highest BCUT2D eigenvalue weighted by Crippen LogP contribution is 2.34. The van der Waals surface area contributed by atoms with Crippen molar-refractivity contribution in [1.29, 1.82) is 0 Å². The number of rotatable bonds is 11. The number of aromatic amines is 1. The van der Waals surface area contributed by atoms with Crippen LogP contribution in [0.4, 0.5) is 17.2 Å². The number of nitrogens with zero attached hydrogens (tertiary/aromatic N) is 2. The Morgan fingerprint density at radius 3 is 2.81 bits per heavy atom. The molecule has 11 nitrogen and oxygen atoms in total. The Morgan fingerprint density at radius 2 is 2.06 bits per heavy atom. The van der Waals surface area contributed by atoms with Gasteiger partial charge in [-0.05, 0) is 18.6 Å². The Kier molecular flexibility index (Phi) is 7.77. The first kappa shape index (κ1) is 23.2. The molecule has 3 rings (SSSR count). The van der Waals surface area contributed by atoms with Gasteiger partial charge in [-0.15, -0.1) is 0 Å². The number of methoxy groups -OCH3 is 1. The van der Waals surface area contributed by atoms with E-state index >= 15 is 0 Å². The monoisotopic (exact) mass is 447 g/mol. The van der Waals surface area contributed by atoms with Crippen LogP contribution in [0.15, 0.2) is 27.8 Å². The highest BCUT2D eigenvalue weighted by Gasteiger charge is 2.20. The fraction of sp³-hybridized carbons (Fsp3) is 0.476. The van der Waals surface area contributed by atoms with Crippen LogP contribution < -0.4 is 36.7 Å². The van der Waals surface area contributed by atoms with Crippen molar-refractivity contribution in [2.24, 2.45) is 0 Å². The van der Waals surface area contributed by atoms with Crippen LogP contribution in [-0.2, 0) is 16.1 Å². The molecule has 1 aromatic carbocycles. The molecule has 1 amide bonds. The summed E-state index contributed by atoms with van der Waals surface area (Å²) in [5.41, 5.74) is 5.82. The first-order valence-electron chi connectivity index (χ1n) is 10.5. The van der Waals surface area contributed by atoms with Crippen molar-refractivity contribution < 1.29 is 19.0 Å². The van der Waals surface area contributed by atoms with Gasteiger partial charge in [-0.3, -0.25) is 19.1 Å². The van der Waals surface area contributed by atoms with E-state index < -0.39 is 11.2 Å². The molecule has 4 N–H and O–H groups in total. The van der Waals surface area contributed by atoms with E-state index in [9.17, 15) is 14.4 Å². The number of unbranched alkanes of at least 4 members (excludes halogenated alkanes) is 1. The zero-order valence-corrected chi connectivity index (χ0v) is 18.3. The third-order valence-electron chi connectivity index (χ3n) is 5.10. The lowest BCUT2D eigenvalue weighted by Crippen LogP contribution is -2.40. The van der Waals surface area contributed by atoms with Gasteiger partial charge in [-0.25, -0.2) is 4.79 Å². The molecule has 0 unspecified atom stereocenters. The Hall–Kier alpha value is -3.47. The molecule has 0 bridgehead atoms. The number of nitrogens with two attached hydrogens (primary N) is 1. The number of amides is 1. The van der Waals surface area contributed by atoms with Gasteiger partial charge in [0.1, 0.15) is 11.5 Å². The lowest BCUT2D eigenvalue weighted by molar-refractivity contribution is -0.116. The van der Waals surface area contributed by atoms with E-state index in [1.807, 2.05) is 6.92 Å². The summed E-state index contributed by atoms with van der Waals surface area (Å²) < 4.78 is 17.1. The second-order valence-electron chi connectivity index (χ2n) is 7.34. The zero-order chi connectivity index (χ0) is 23.1. The van der Waals surface area contributed by atoms with Gasteiger partial charge in [0.05, 0.1) is 6.61 Å². The van der Waals surface area contributed by atoms with Crippen LogP contribution in [0.1, 0.15) is 26.2 Å². The molecule has 0 aliphatic carbocycles. The van der Waals surface area contributed by atoms with Crippen LogP contribution in [0, 0.1) is 0 Å². The number of H-pyrrole nitrogens is 1. The SMILES string of the molecule is CCCCn1c(N)c(N(CCOC)CCC(=O)Nc2ccc3c(c2)OCO3)c(=O)[nH]c1=O. The molecular weight excluding hydrogens is 418 g/mol. The number of ether oxygens (including phenoxy) is 3. The number of carbonyl (C=O) groups is 1. The van der Waals surface area contributed by atoms with Gasteiger partial charge < -0.3 is 30.2 Å². The van der Waals surface area contributed by atoms with Crippen LogP contribution >= 0.6 is 0 Å². The van der Waals surface area contributed by atoms with Crippen LogP contribution in [0.3, 0.4) is 0 Å². The summed E-state index contributed by atoms with van der Waals surface area (Å²) in [5.74, 6) is 1.03. The lowest BCUT2D eigenvalue weighted by Gasteiger charge is -2.25. The summed E-state index contributed by atoms with van der Waals surface area (Å²) in [5, 5.41) is 2.81. The molecule has 174 valence electrons. The predicted molar refractivity (Wildman–Crippen MR) is 121 cm³/mol. The Morgan fingerprint density at radius 1 is 1.28 bits per heavy atom. The van der Waals surface area contributed by atoms with Gasteiger partial charge in [-0.1, -0.05) is 13.3 Å². The number of benzene rings is 1. The third-order valence-corrected chi connectivity index (χ3v) is 5.10. The fourth-order valence-corrected chi connectivity index (χ4v) is 3.39. The molecule has 2 heterocycles. The maximum atomic E-state index is 12.6. The van der Waals surface area contributed by atoms with Crippen molar-refractivity contribution >= 4 is 23.1 Å². The van der Waals surface area contributed by atoms with Crippen molar-refractivity contribution in [2.75, 3.05) is 49.5 Å². The summed E-state index contributed by atoms with van der Waals surface area (Å²) >= 11 is 0. The number of nitrogens with one attached hydrogen (secondary N) is 2. The van der Waals surface area contributed by atoms with E-state index in [0.717, 1.165) is 12.8 Å². The minimum Gasteiger partial charge on any atom is -0.454 e. The molecule has 1 aliphatic rings. The zero-order valence-electron chi connectivity index (χ0n) is 18.3. The highest BCUT2D eigenvalue weighted by molar-refractivity contribution is 5.91. The normalized spacial score (nSPS) is 12.1. The summed E-state index contributed by atoms with van der Waals surface area (Å²) in [6.45, 7) is 3.39. The average Bonchev–Trinajstić information content (AvgIpc) is 3.22. The van der Waals surface area contributed by atoms with E-state index in [2.05, 4.69) is 10.3 Å². The summed E-state index contributed by atoms with van der Waals surface area (Å²) in [4.78, 5) is 41.3. The Balaban J connectivity index is 1.74. The van der Waals surface area contributed by atoms with Crippen LogP contribution in [0.25, 0.3) is 0 Å². The molecule has 0 saturated carbocycles. The van der Waals surface area contributed by atoms with E-state index in [4.69, 9.17) is 19.9 Å². The second kappa shape index (κ2) is 10.7. The molecule has 11 heteroatoms. The number of aromatic nitrogens is 2. The molecule has 0 fully saturated rings. The number of carbonyl (C=O) groups excluding carboxylic acids is 1. The number of nitrogen functional groups attached to an aromatic ring is 1. The van der Waals surface area contributed by atoms with E-state index in [1.165, 1.54) is 4.57 Å². The predicted octanol–water partition coefficient (Wildman–Crippen LogP) is 1.13. The highest BCUT2D eigenvalue weighted by atomic mass is 16.7. The maximum absolute atomic E-state index is 12.6. The minimum atomic E-state index is -0.590. The van der Waals surface area contributed by atoms with E-state index in [1.54, 1.807) is 30.2 Å². The maximum Gasteiger partial charge on any atom is 0.330 e. The minimum absolute atomic E-state index is 0.0829. The summed E-state index contributed by atoms with van der Waals surface area (Å²) in [6.07, 6.45) is 1.70. The second-order valence-corrected chi connectivity index (χ2v) is 7.34. The van der Waals surface area contributed by atoms with Crippen LogP contribution in [0.2, 0.25) is 0 Å². The molecule has 0 saturated heterocycles. The smallest absolute Gasteiger partial charge is 0.330 e. The third kappa shape index (κ3) is 5.41. The number of hydrogen-bond acceptors (Lipinski definition) is 8. The van der Waals surface area contributed by atoms with E-state index in [0.29, 0.717) is 36.9 Å². The van der Waals surface area contributed by atoms with Crippen molar-refractivity contribution in [3.63, 3.8) is 0 Å². The van der Waals surface area contributed by atoms with Gasteiger partial charge in [0, 0.05) is 44.9 Å². The summed E-state index contributed by atoms with van der Waals surface area (Å²) in [6, 6.07) is 5.14. The molecule has 0 atom stereocenters. The van der Waals surface area contributed by atoms with Crippen molar-refractivity contribution in [2.45, 2.75) is 32.7 Å². The van der Waals surface area contributed by atoms with Crippen LogP contribution in [0.5, 0.6) is 11.5 Å². The topological polar surface area (TPSA) is 141 Å². The molecule has 0 spiro atoms. The molecule has 32 heavy (non-hydrogen) atoms. The van der Waals surface area contributed by atoms with E-state index in [-0.39, 0.29) is 37.2 Å². The van der Waals surface area contributed by atoms with Gasteiger partial charge >= 0.3 is 5.69 Å². The van der Waals surface area contributed by atoms with Crippen molar-refractivity contribution in [3.05, 3.63) is 39.0 Å².